The zero-order valence-electron chi connectivity index (χ0n) is 25.0. The fourth-order valence-corrected chi connectivity index (χ4v) is 7.17. The molecule has 3 atom stereocenters. The van der Waals surface area contributed by atoms with Crippen molar-refractivity contribution in [1.82, 2.24) is 9.88 Å². The normalized spacial score (nSPS) is 21.9. The molecule has 1 aromatic heterocycles. The number of carbonyl (C=O) groups is 1. The van der Waals surface area contributed by atoms with Gasteiger partial charge in [-0.2, -0.15) is 0 Å². The van der Waals surface area contributed by atoms with Crippen LogP contribution in [0.1, 0.15) is 99.3 Å². The fourth-order valence-electron chi connectivity index (χ4n) is 7.17. The van der Waals surface area contributed by atoms with E-state index in [1.54, 1.807) is 0 Å². The van der Waals surface area contributed by atoms with Crippen molar-refractivity contribution >= 4 is 5.97 Å². The molecule has 5 heteroatoms. The first-order valence-electron chi connectivity index (χ1n) is 15.5. The lowest BCUT2D eigenvalue weighted by atomic mass is 9.82. The van der Waals surface area contributed by atoms with Gasteiger partial charge in [0.2, 0.25) is 0 Å². The predicted octanol–water partition coefficient (Wildman–Crippen LogP) is 8.10. The van der Waals surface area contributed by atoms with E-state index in [1.165, 1.54) is 47.1 Å². The first-order chi connectivity index (χ1) is 19.7. The Balaban J connectivity index is 1.33. The minimum atomic E-state index is -0.715. The summed E-state index contributed by atoms with van der Waals surface area (Å²) < 4.78 is 6.82. The number of nitrogens with zero attached hydrogens (tertiary/aromatic N) is 2. The number of aliphatic carboxylic acids is 1. The zero-order valence-corrected chi connectivity index (χ0v) is 25.0. The molecule has 0 amide bonds. The minimum absolute atomic E-state index is 0.0230. The van der Waals surface area contributed by atoms with Gasteiger partial charge in [0.05, 0.1) is 5.92 Å². The molecule has 2 aromatic carbocycles. The smallest absolute Gasteiger partial charge is 0.306 e. The number of hydrogen-bond acceptors (Lipinski definition) is 4. The highest BCUT2D eigenvalue weighted by Crippen LogP contribution is 2.48. The van der Waals surface area contributed by atoms with E-state index in [0.717, 1.165) is 55.8 Å². The van der Waals surface area contributed by atoms with Crippen molar-refractivity contribution < 1.29 is 14.6 Å². The van der Waals surface area contributed by atoms with Crippen LogP contribution in [0.4, 0.5) is 0 Å². The topological polar surface area (TPSA) is 62.7 Å². The number of rotatable bonds is 8. The number of likely N-dealkylation sites (tertiary alicyclic amines) is 1. The van der Waals surface area contributed by atoms with Crippen molar-refractivity contribution in [3.05, 3.63) is 82.7 Å². The summed E-state index contributed by atoms with van der Waals surface area (Å²) >= 11 is 0. The highest BCUT2D eigenvalue weighted by Gasteiger charge is 2.39. The second-order valence-electron chi connectivity index (χ2n) is 13.3. The monoisotopic (exact) mass is 552 g/mol. The molecule has 3 aromatic rings. The van der Waals surface area contributed by atoms with Crippen LogP contribution < -0.4 is 4.74 Å². The van der Waals surface area contributed by atoms with Crippen molar-refractivity contribution in [2.45, 2.75) is 96.7 Å². The Hall–Kier alpha value is -3.18. The highest BCUT2D eigenvalue weighted by molar-refractivity contribution is 5.71. The molecule has 3 aliphatic rings. The average Bonchev–Trinajstić information content (AvgIpc) is 3.79. The van der Waals surface area contributed by atoms with E-state index in [4.69, 9.17) is 4.74 Å². The Bertz CT molecular complexity index is 1430. The summed E-state index contributed by atoms with van der Waals surface area (Å²) in [5.74, 6) is 0.321. The number of fused-ring (bicyclic) bond motifs is 1. The molecule has 6 rings (SSSR count). The summed E-state index contributed by atoms with van der Waals surface area (Å²) in [7, 11) is 0. The Kier molecular flexibility index (Phi) is 7.67. The van der Waals surface area contributed by atoms with Crippen LogP contribution in [0, 0.1) is 18.8 Å². The standard InChI is InChI=1S/C36H44N2O3/c1-23-19-28(15-17-37-23)27-11-13-31(30(20-27)22-38-18-6-5-16-36(38,3)4)32-14-12-25-7-10-29(21-33(25)41-32)34(26-8-9-26)24(2)35(39)40/h7,10-11,13,15,17,19-21,24,26,32,34H,5-6,8-9,12,14,16,18,22H2,1-4H3,(H,39,40)/t24-,32?,34-/m0/s1. The van der Waals surface area contributed by atoms with E-state index in [9.17, 15) is 9.90 Å². The predicted molar refractivity (Wildman–Crippen MR) is 163 cm³/mol. The zero-order chi connectivity index (χ0) is 28.7. The third-order valence-electron chi connectivity index (χ3n) is 9.88. The third kappa shape index (κ3) is 5.92. The molecule has 0 bridgehead atoms. The maximum absolute atomic E-state index is 11.9. The van der Waals surface area contributed by atoms with E-state index in [0.29, 0.717) is 5.92 Å². The number of carboxylic acid groups (broad SMARTS) is 1. The van der Waals surface area contributed by atoms with Crippen molar-refractivity contribution in [3.8, 4) is 16.9 Å². The van der Waals surface area contributed by atoms with Gasteiger partial charge in [-0.1, -0.05) is 37.6 Å². The largest absolute Gasteiger partial charge is 0.485 e. The van der Waals surface area contributed by atoms with Crippen LogP contribution in [-0.2, 0) is 17.8 Å². The molecule has 2 fully saturated rings. The van der Waals surface area contributed by atoms with Gasteiger partial charge in [0.15, 0.2) is 0 Å². The number of aromatic nitrogens is 1. The fraction of sp³-hybridized carbons (Fsp3) is 0.500. The number of hydrogen-bond donors (Lipinski definition) is 1. The maximum Gasteiger partial charge on any atom is 0.306 e. The molecule has 2 aliphatic heterocycles. The van der Waals surface area contributed by atoms with E-state index >= 15 is 0 Å². The quantitative estimate of drug-likeness (QED) is 0.306. The lowest BCUT2D eigenvalue weighted by Gasteiger charge is -2.43. The number of carboxylic acids is 1. The molecule has 3 heterocycles. The molecular formula is C36H44N2O3. The number of pyridine rings is 1. The lowest BCUT2D eigenvalue weighted by Crippen LogP contribution is -2.46. The first kappa shape index (κ1) is 28.0. The molecule has 1 N–H and O–H groups in total. The van der Waals surface area contributed by atoms with E-state index in [1.807, 2.05) is 20.0 Å². The van der Waals surface area contributed by atoms with E-state index in [-0.39, 0.29) is 17.6 Å². The molecular weight excluding hydrogens is 508 g/mol. The molecule has 1 aliphatic carbocycles. The molecule has 0 spiro atoms. The van der Waals surface area contributed by atoms with Gasteiger partial charge in [-0.25, -0.2) is 0 Å². The van der Waals surface area contributed by atoms with E-state index in [2.05, 4.69) is 72.3 Å². The molecule has 1 saturated heterocycles. The Morgan fingerprint density at radius 2 is 1.88 bits per heavy atom. The Labute approximate surface area is 245 Å². The van der Waals surface area contributed by atoms with Gasteiger partial charge in [-0.05, 0) is 135 Å². The van der Waals surface area contributed by atoms with Gasteiger partial charge in [0.25, 0.3) is 0 Å². The summed E-state index contributed by atoms with van der Waals surface area (Å²) in [5.41, 5.74) is 8.56. The Morgan fingerprint density at radius 1 is 1.07 bits per heavy atom. The number of ether oxygens (including phenoxy) is 1. The molecule has 1 saturated carbocycles. The first-order valence-corrected chi connectivity index (χ1v) is 15.5. The molecule has 1 unspecified atom stereocenters. The van der Waals surface area contributed by atoms with Crippen LogP contribution >= 0.6 is 0 Å². The van der Waals surface area contributed by atoms with Crippen LogP contribution in [0.2, 0.25) is 0 Å². The minimum Gasteiger partial charge on any atom is -0.485 e. The molecule has 5 nitrogen and oxygen atoms in total. The maximum atomic E-state index is 11.9. The summed E-state index contributed by atoms with van der Waals surface area (Å²) in [4.78, 5) is 19.0. The van der Waals surface area contributed by atoms with Gasteiger partial charge < -0.3 is 9.84 Å². The number of benzene rings is 2. The van der Waals surface area contributed by atoms with Crippen molar-refractivity contribution in [1.29, 1.82) is 0 Å². The number of aryl methyl sites for hydroxylation is 2. The Morgan fingerprint density at radius 3 is 2.61 bits per heavy atom. The average molecular weight is 553 g/mol. The van der Waals surface area contributed by atoms with Crippen LogP contribution in [-0.4, -0.2) is 33.0 Å². The lowest BCUT2D eigenvalue weighted by molar-refractivity contribution is -0.142. The van der Waals surface area contributed by atoms with Gasteiger partial charge in [-0.15, -0.1) is 0 Å². The molecule has 216 valence electrons. The van der Waals surface area contributed by atoms with Crippen LogP contribution in [0.15, 0.2) is 54.7 Å². The van der Waals surface area contributed by atoms with Gasteiger partial charge in [0, 0.05) is 24.0 Å². The van der Waals surface area contributed by atoms with Crippen LogP contribution in [0.3, 0.4) is 0 Å². The summed E-state index contributed by atoms with van der Waals surface area (Å²) in [6.07, 6.45) is 9.75. The van der Waals surface area contributed by atoms with E-state index < -0.39 is 11.9 Å². The van der Waals surface area contributed by atoms with Crippen LogP contribution in [0.5, 0.6) is 5.75 Å². The van der Waals surface area contributed by atoms with Crippen molar-refractivity contribution in [2.75, 3.05) is 6.54 Å². The second kappa shape index (κ2) is 11.2. The van der Waals surface area contributed by atoms with Gasteiger partial charge >= 0.3 is 5.97 Å². The van der Waals surface area contributed by atoms with Crippen molar-refractivity contribution in [2.24, 2.45) is 11.8 Å². The summed E-state index contributed by atoms with van der Waals surface area (Å²) in [6.45, 7) is 10.7. The number of piperidine rings is 1. The van der Waals surface area contributed by atoms with Crippen LogP contribution in [0.25, 0.3) is 11.1 Å². The SMILES string of the molecule is Cc1cc(-c2ccc(C3CCc4ccc([C@H](C5CC5)[C@H](C)C(=O)O)cc4O3)c(CN3CCCCC3(C)C)c2)ccn1. The molecule has 0 radical (unpaired) electrons. The van der Waals surface area contributed by atoms with Gasteiger partial charge in [0.1, 0.15) is 11.9 Å². The second-order valence-corrected chi connectivity index (χ2v) is 13.3. The van der Waals surface area contributed by atoms with Crippen molar-refractivity contribution in [3.63, 3.8) is 0 Å². The van der Waals surface area contributed by atoms with Gasteiger partial charge in [-0.3, -0.25) is 14.7 Å². The molecule has 41 heavy (non-hydrogen) atoms. The third-order valence-corrected chi connectivity index (χ3v) is 9.88. The summed E-state index contributed by atoms with van der Waals surface area (Å²) in [6, 6.07) is 17.6. The summed E-state index contributed by atoms with van der Waals surface area (Å²) in [5, 5.41) is 9.80. The highest BCUT2D eigenvalue weighted by atomic mass is 16.5.